The number of aromatic nitrogens is 5. The number of fused-ring (bicyclic) bond motifs is 1. The van der Waals surface area contributed by atoms with E-state index in [9.17, 15) is 9.65 Å². The number of hydrogen-bond donors (Lipinski definition) is 0. The van der Waals surface area contributed by atoms with Crippen molar-refractivity contribution < 1.29 is 9.13 Å². The van der Waals surface area contributed by atoms with Crippen LogP contribution in [0.2, 0.25) is 0 Å². The quantitative estimate of drug-likeness (QED) is 0.247. The summed E-state index contributed by atoms with van der Waals surface area (Å²) in [6, 6.07) is 5.78. The molecule has 0 amide bonds. The predicted molar refractivity (Wildman–Crippen MR) is 151 cm³/mol. The smallest absolute Gasteiger partial charge is 0.217 e. The molecule has 0 saturated carbocycles. The Bertz CT molecular complexity index is 1650. The highest BCUT2D eigenvalue weighted by Gasteiger charge is 2.20. The largest absolute Gasteiger partial charge is 0.481 e. The average molecular weight is 540 g/mol. The fourth-order valence-corrected chi connectivity index (χ4v) is 4.92. The number of rotatable bonds is 8. The van der Waals surface area contributed by atoms with E-state index >= 15 is 0 Å². The third kappa shape index (κ3) is 5.48. The van der Waals surface area contributed by atoms with E-state index in [1.54, 1.807) is 21.6 Å². The minimum atomic E-state index is -0.376. The first-order valence-corrected chi connectivity index (χ1v) is 12.8. The molecule has 0 spiro atoms. The third-order valence-electron chi connectivity index (χ3n) is 7.02. The summed E-state index contributed by atoms with van der Waals surface area (Å²) in [5.74, 6) is 0.827. The first kappa shape index (κ1) is 26.8. The van der Waals surface area contributed by atoms with E-state index in [0.717, 1.165) is 71.5 Å². The van der Waals surface area contributed by atoms with Gasteiger partial charge >= 0.3 is 0 Å². The molecule has 4 aromatic rings. The summed E-state index contributed by atoms with van der Waals surface area (Å²) >= 11 is 0. The van der Waals surface area contributed by atoms with E-state index in [4.69, 9.17) is 4.74 Å². The molecular weight excluding hydrogens is 509 g/mol. The number of aryl methyl sites for hydroxylation is 1. The fourth-order valence-electron chi connectivity index (χ4n) is 4.92. The van der Waals surface area contributed by atoms with Gasteiger partial charge in [0.2, 0.25) is 5.88 Å². The number of ether oxygens (including phenoxy) is 1. The summed E-state index contributed by atoms with van der Waals surface area (Å²) in [7, 11) is 3.41. The predicted octanol–water partition coefficient (Wildman–Crippen LogP) is 3.91. The molecule has 1 fully saturated rings. The van der Waals surface area contributed by atoms with Crippen molar-refractivity contribution in [2.75, 3.05) is 33.3 Å². The van der Waals surface area contributed by atoms with Gasteiger partial charge in [-0.2, -0.15) is 15.5 Å². The van der Waals surface area contributed by atoms with Crippen LogP contribution in [0.5, 0.6) is 5.88 Å². The second kappa shape index (κ2) is 11.5. The lowest BCUT2D eigenvalue weighted by Crippen LogP contribution is -2.45. The normalized spacial score (nSPS) is 14.9. The van der Waals surface area contributed by atoms with Gasteiger partial charge in [0.25, 0.3) is 0 Å². The van der Waals surface area contributed by atoms with Crippen molar-refractivity contribution in [1.82, 2.24) is 34.2 Å². The Morgan fingerprint density at radius 2 is 1.93 bits per heavy atom. The number of methoxy groups -OCH3 is 1. The molecule has 4 aromatic heterocycles. The van der Waals surface area contributed by atoms with E-state index in [2.05, 4.69) is 48.8 Å². The van der Waals surface area contributed by atoms with Crippen LogP contribution in [0.4, 0.5) is 4.39 Å². The van der Waals surface area contributed by atoms with Crippen LogP contribution in [0.3, 0.4) is 0 Å². The third-order valence-corrected chi connectivity index (χ3v) is 7.02. The van der Waals surface area contributed by atoms with E-state index < -0.39 is 0 Å². The van der Waals surface area contributed by atoms with Gasteiger partial charge in [-0.05, 0) is 37.4 Å². The van der Waals surface area contributed by atoms with Crippen LogP contribution in [-0.2, 0) is 13.6 Å². The van der Waals surface area contributed by atoms with Gasteiger partial charge in [0, 0.05) is 74.4 Å². The van der Waals surface area contributed by atoms with Crippen molar-refractivity contribution in [2.45, 2.75) is 13.5 Å². The lowest BCUT2D eigenvalue weighted by atomic mass is 10.0. The van der Waals surface area contributed by atoms with Crippen molar-refractivity contribution in [3.8, 4) is 23.1 Å². The Balaban J connectivity index is 1.36. The molecule has 0 N–H and O–H groups in total. The molecule has 1 saturated heterocycles. The van der Waals surface area contributed by atoms with Gasteiger partial charge in [-0.25, -0.2) is 18.9 Å². The maximum absolute atomic E-state index is 13.7. The molecule has 10 nitrogen and oxygen atoms in total. The molecule has 1 aliphatic heterocycles. The number of pyridine rings is 2. The van der Waals surface area contributed by atoms with Gasteiger partial charge in [-0.3, -0.25) is 9.58 Å². The lowest BCUT2D eigenvalue weighted by molar-refractivity contribution is 0.150. The van der Waals surface area contributed by atoms with E-state index in [-0.39, 0.29) is 5.82 Å². The molecule has 0 bridgehead atoms. The zero-order valence-electron chi connectivity index (χ0n) is 22.7. The van der Waals surface area contributed by atoms with E-state index in [1.807, 2.05) is 38.5 Å². The second-order valence-corrected chi connectivity index (χ2v) is 9.63. The summed E-state index contributed by atoms with van der Waals surface area (Å²) in [6.07, 6.45) is 12.4. The highest BCUT2D eigenvalue weighted by molar-refractivity contribution is 5.84. The van der Waals surface area contributed by atoms with Crippen LogP contribution in [0.1, 0.15) is 23.6 Å². The molecule has 0 aromatic carbocycles. The molecule has 5 rings (SSSR count). The van der Waals surface area contributed by atoms with Gasteiger partial charge in [0.1, 0.15) is 17.7 Å². The summed E-state index contributed by atoms with van der Waals surface area (Å²) in [5.41, 5.74) is 5.75. The lowest BCUT2D eigenvalue weighted by Gasteiger charge is -2.36. The average Bonchev–Trinajstić information content (AvgIpc) is 3.59. The number of allylic oxidation sites excluding steroid dienone is 3. The summed E-state index contributed by atoms with van der Waals surface area (Å²) in [4.78, 5) is 12.7. The Labute approximate surface area is 231 Å². The zero-order valence-corrected chi connectivity index (χ0v) is 22.7. The number of nitrogens with zero attached hydrogens (tertiary/aromatic N) is 9. The highest BCUT2D eigenvalue weighted by Crippen LogP contribution is 2.29. The Morgan fingerprint density at radius 1 is 1.12 bits per heavy atom. The van der Waals surface area contributed by atoms with Crippen LogP contribution in [-0.4, -0.2) is 74.2 Å². The first-order chi connectivity index (χ1) is 19.4. The van der Waals surface area contributed by atoms with Crippen molar-refractivity contribution in [3.63, 3.8) is 0 Å². The van der Waals surface area contributed by atoms with Gasteiger partial charge < -0.3 is 9.64 Å². The summed E-state index contributed by atoms with van der Waals surface area (Å²) in [5, 5.41) is 18.4. The SMILES string of the molecule is C=N/C(=C\C=C(/C)c1cc(-c2cnn(C)c2)cn2ncc(C#N)c12)N1CCN(Cc2cc(F)cnc2OC)CC1. The van der Waals surface area contributed by atoms with E-state index in [0.29, 0.717) is 18.0 Å². The van der Waals surface area contributed by atoms with Crippen LogP contribution in [0.25, 0.3) is 22.2 Å². The Hall–Kier alpha value is -4.82. The first-order valence-electron chi connectivity index (χ1n) is 12.8. The number of halogens is 1. The van der Waals surface area contributed by atoms with Crippen LogP contribution in [0, 0.1) is 17.1 Å². The zero-order chi connectivity index (χ0) is 28.2. The monoisotopic (exact) mass is 539 g/mol. The van der Waals surface area contributed by atoms with Crippen molar-refractivity contribution in [3.05, 3.63) is 83.6 Å². The maximum Gasteiger partial charge on any atom is 0.217 e. The Morgan fingerprint density at radius 3 is 2.60 bits per heavy atom. The molecule has 40 heavy (non-hydrogen) atoms. The molecule has 204 valence electrons. The molecule has 5 heterocycles. The fraction of sp³-hybridized carbons (Fsp3) is 0.276. The highest BCUT2D eigenvalue weighted by atomic mass is 19.1. The number of piperazine rings is 1. The van der Waals surface area contributed by atoms with Crippen molar-refractivity contribution in [2.24, 2.45) is 12.0 Å². The van der Waals surface area contributed by atoms with Gasteiger partial charge in [-0.1, -0.05) is 6.08 Å². The molecule has 0 atom stereocenters. The van der Waals surface area contributed by atoms with Gasteiger partial charge in [-0.15, -0.1) is 0 Å². The minimum Gasteiger partial charge on any atom is -0.481 e. The summed E-state index contributed by atoms with van der Waals surface area (Å²) < 4.78 is 22.5. The van der Waals surface area contributed by atoms with Gasteiger partial charge in [0.15, 0.2) is 0 Å². The van der Waals surface area contributed by atoms with Crippen LogP contribution < -0.4 is 4.74 Å². The standard InChI is InChI=1S/C29H30FN9O/c1-20(26-12-21(24-15-34-36(3)17-24)19-39-28(26)23(13-31)14-35-39)5-6-27(32-2)38-9-7-37(8-10-38)18-22-11-25(30)16-33-29(22)40-4/h5-6,11-12,14-17,19H,2,7-10,18H2,1,3-4H3/b20-5+,27-6+. The molecule has 11 heteroatoms. The van der Waals surface area contributed by atoms with E-state index in [1.165, 1.54) is 13.2 Å². The summed E-state index contributed by atoms with van der Waals surface area (Å²) in [6.45, 7) is 9.37. The van der Waals surface area contributed by atoms with Crippen LogP contribution in [0.15, 0.2) is 66.1 Å². The second-order valence-electron chi connectivity index (χ2n) is 9.63. The van der Waals surface area contributed by atoms with Crippen molar-refractivity contribution in [1.29, 1.82) is 5.26 Å². The Kier molecular flexibility index (Phi) is 7.70. The van der Waals surface area contributed by atoms with Crippen LogP contribution >= 0.6 is 0 Å². The molecule has 0 unspecified atom stereocenters. The topological polar surface area (TPSA) is 99.9 Å². The molecular formula is C29H30FN9O. The molecule has 1 aliphatic rings. The number of aliphatic imine (C=N–C) groups is 1. The van der Waals surface area contributed by atoms with Gasteiger partial charge in [0.05, 0.1) is 36.8 Å². The molecule has 0 radical (unpaired) electrons. The van der Waals surface area contributed by atoms with Crippen molar-refractivity contribution >= 4 is 17.8 Å². The number of hydrogen-bond acceptors (Lipinski definition) is 8. The minimum absolute atomic E-state index is 0.376. The maximum atomic E-state index is 13.7. The molecule has 0 aliphatic carbocycles. The number of nitriles is 1.